The van der Waals surface area contributed by atoms with Crippen LogP contribution >= 0.6 is 0 Å². The molecule has 0 spiro atoms. The van der Waals surface area contributed by atoms with E-state index in [1.165, 1.54) is 0 Å². The number of hydrogen-bond acceptors (Lipinski definition) is 0. The summed E-state index contributed by atoms with van der Waals surface area (Å²) in [5, 5.41) is 0. The highest BCUT2D eigenvalue weighted by molar-refractivity contribution is 7.78. The van der Waals surface area contributed by atoms with E-state index < -0.39 is 21.8 Å². The Bertz CT molecular complexity index is 155. The lowest BCUT2D eigenvalue weighted by Crippen LogP contribution is -2.71. The van der Waals surface area contributed by atoms with Gasteiger partial charge in [-0.15, -0.1) is 0 Å². The van der Waals surface area contributed by atoms with Crippen molar-refractivity contribution >= 4 is 30.8 Å². The van der Waals surface area contributed by atoms with Crippen LogP contribution in [-0.4, -0.2) is 30.8 Å². The molecule has 0 aromatic heterocycles. The van der Waals surface area contributed by atoms with Crippen LogP contribution in [0.4, 0.5) is 0 Å². The van der Waals surface area contributed by atoms with Gasteiger partial charge < -0.3 is 0 Å². The Labute approximate surface area is 83.4 Å². The zero-order chi connectivity index (χ0) is 10.2. The van der Waals surface area contributed by atoms with E-state index in [1.807, 2.05) is 0 Å². The normalized spacial score (nSPS) is 16.0. The molecule has 0 N–H and O–H groups in total. The zero-order valence-electron chi connectivity index (χ0n) is 10.2. The molecule has 0 bridgehead atoms. The van der Waals surface area contributed by atoms with Crippen molar-refractivity contribution in [2.75, 3.05) is 0 Å². The molecule has 12 heavy (non-hydrogen) atoms. The van der Waals surface area contributed by atoms with Gasteiger partial charge in [0.1, 0.15) is 0 Å². The Morgan fingerprint density at radius 3 is 1.17 bits per heavy atom. The van der Waals surface area contributed by atoms with Gasteiger partial charge in [0.05, 0.1) is 0 Å². The quantitative estimate of drug-likeness (QED) is 0.659. The molecule has 0 fully saturated rings. The summed E-state index contributed by atoms with van der Waals surface area (Å²) >= 11 is 0. The molecule has 0 heterocycles. The summed E-state index contributed by atoms with van der Waals surface area (Å²) in [6.45, 7) is 21.0. The monoisotopic (exact) mass is 234 g/mol. The summed E-state index contributed by atoms with van der Waals surface area (Å²) in [7, 11) is -2.01. The molecular weight excluding hydrogens is 208 g/mol. The van der Waals surface area contributed by atoms with Crippen LogP contribution in [0.25, 0.3) is 0 Å². The second kappa shape index (κ2) is 3.55. The maximum absolute atomic E-state index is 2.68. The SMILES string of the molecule is C[SiH2][Si](C)(C)[Si](C)(C)[Si](C)(C)C. The predicted octanol–water partition coefficient (Wildman–Crippen LogP) is 2.61. The van der Waals surface area contributed by atoms with E-state index in [1.54, 1.807) is 0 Å². The Kier molecular flexibility index (Phi) is 3.81. The third-order valence-electron chi connectivity index (χ3n) is 4.45. The van der Waals surface area contributed by atoms with Crippen LogP contribution in [0.5, 0.6) is 0 Å². The van der Waals surface area contributed by atoms with E-state index in [0.717, 1.165) is 0 Å². The molecule has 0 rings (SSSR count). The second-order valence-electron chi connectivity index (χ2n) is 6.11. The lowest BCUT2D eigenvalue weighted by atomic mass is 11.8. The second-order valence-corrected chi connectivity index (χ2v) is 45.4. The first kappa shape index (κ1) is 12.9. The van der Waals surface area contributed by atoms with E-state index >= 15 is 0 Å². The largest absolute Gasteiger partial charge is 0.0768 e. The predicted molar refractivity (Wildman–Crippen MR) is 72.7 cm³/mol. The van der Waals surface area contributed by atoms with Crippen molar-refractivity contribution in [2.45, 2.75) is 52.4 Å². The van der Waals surface area contributed by atoms with Crippen LogP contribution < -0.4 is 0 Å². The minimum Gasteiger partial charge on any atom is -0.0768 e. The van der Waals surface area contributed by atoms with Crippen molar-refractivity contribution in [3.8, 4) is 0 Å². The lowest BCUT2D eigenvalue weighted by molar-refractivity contribution is 1.75. The number of rotatable bonds is 3. The maximum Gasteiger partial charge on any atom is 0.0353 e. The Hall–Kier alpha value is 0.868. The van der Waals surface area contributed by atoms with Crippen molar-refractivity contribution in [3.63, 3.8) is 0 Å². The Morgan fingerprint density at radius 2 is 1.08 bits per heavy atom. The fourth-order valence-electron chi connectivity index (χ4n) is 1.46. The summed E-state index contributed by atoms with van der Waals surface area (Å²) in [5.74, 6) is 0. The fraction of sp³-hybridized carbons (Fsp3) is 1.00. The van der Waals surface area contributed by atoms with Gasteiger partial charge >= 0.3 is 0 Å². The van der Waals surface area contributed by atoms with Gasteiger partial charge in [-0.25, -0.2) is 0 Å². The van der Waals surface area contributed by atoms with Gasteiger partial charge in [0.15, 0.2) is 0 Å². The maximum atomic E-state index is 2.68. The molecule has 0 amide bonds. The van der Waals surface area contributed by atoms with Gasteiger partial charge in [-0.2, -0.15) is 0 Å². The molecule has 4 heteroatoms. The molecule has 0 saturated carbocycles. The van der Waals surface area contributed by atoms with Crippen LogP contribution in [0.1, 0.15) is 0 Å². The summed E-state index contributed by atoms with van der Waals surface area (Å²) < 4.78 is 0. The third kappa shape index (κ3) is 2.21. The van der Waals surface area contributed by atoms with Crippen molar-refractivity contribution in [3.05, 3.63) is 0 Å². The zero-order valence-corrected chi connectivity index (χ0v) is 14.6. The van der Waals surface area contributed by atoms with E-state index in [9.17, 15) is 0 Å². The molecule has 0 aliphatic carbocycles. The molecule has 0 aromatic carbocycles. The van der Waals surface area contributed by atoms with Gasteiger partial charge in [0, 0.05) is 30.8 Å². The molecule has 0 saturated heterocycles. The van der Waals surface area contributed by atoms with E-state index in [2.05, 4.69) is 52.4 Å². The molecule has 0 aliphatic heterocycles. The van der Waals surface area contributed by atoms with Crippen molar-refractivity contribution in [1.29, 1.82) is 0 Å². The first-order valence-electron chi connectivity index (χ1n) is 5.06. The molecule has 0 unspecified atom stereocenters. The fourth-order valence-corrected chi connectivity index (χ4v) is 58.4. The molecule has 0 nitrogen and oxygen atoms in total. The summed E-state index contributed by atoms with van der Waals surface area (Å²) in [6, 6.07) is 0. The summed E-state index contributed by atoms with van der Waals surface area (Å²) in [4.78, 5) is 0. The molecule has 0 radical (unpaired) electrons. The van der Waals surface area contributed by atoms with E-state index in [0.29, 0.717) is 9.04 Å². The Balaban J connectivity index is 4.85. The average Bonchev–Trinajstić information content (AvgIpc) is 1.85. The molecule has 74 valence electrons. The first-order valence-corrected chi connectivity index (χ1v) is 20.3. The van der Waals surface area contributed by atoms with Gasteiger partial charge in [-0.3, -0.25) is 0 Å². The number of hydrogen-bond donors (Lipinski definition) is 0. The minimum absolute atomic E-state index is 0.293. The molecular formula is C8H26Si4. The van der Waals surface area contributed by atoms with E-state index in [-0.39, 0.29) is 0 Å². The van der Waals surface area contributed by atoms with Crippen LogP contribution in [0.2, 0.25) is 52.4 Å². The molecule has 0 aliphatic rings. The molecule has 0 aromatic rings. The summed E-state index contributed by atoms with van der Waals surface area (Å²) in [6.07, 6.45) is 0. The average molecular weight is 235 g/mol. The van der Waals surface area contributed by atoms with Gasteiger partial charge in [-0.1, -0.05) is 52.4 Å². The van der Waals surface area contributed by atoms with Crippen LogP contribution in [0, 0.1) is 0 Å². The van der Waals surface area contributed by atoms with Crippen LogP contribution in [0.15, 0.2) is 0 Å². The smallest absolute Gasteiger partial charge is 0.0353 e. The van der Waals surface area contributed by atoms with Gasteiger partial charge in [0.2, 0.25) is 0 Å². The first-order chi connectivity index (χ1) is 5.06. The Morgan fingerprint density at radius 1 is 0.750 bits per heavy atom. The molecule has 0 atom stereocenters. The lowest BCUT2D eigenvalue weighted by Gasteiger charge is -2.46. The van der Waals surface area contributed by atoms with Gasteiger partial charge in [-0.05, 0) is 0 Å². The third-order valence-corrected chi connectivity index (χ3v) is 67.2. The summed E-state index contributed by atoms with van der Waals surface area (Å²) in [5.41, 5.74) is 0. The highest BCUT2D eigenvalue weighted by atomic mass is 29.8. The highest BCUT2D eigenvalue weighted by Crippen LogP contribution is 2.27. The van der Waals surface area contributed by atoms with Crippen LogP contribution in [0.3, 0.4) is 0 Å². The van der Waals surface area contributed by atoms with Crippen molar-refractivity contribution < 1.29 is 0 Å². The highest BCUT2D eigenvalue weighted by Gasteiger charge is 2.48. The van der Waals surface area contributed by atoms with Crippen molar-refractivity contribution in [1.82, 2.24) is 0 Å². The minimum atomic E-state index is -0.806. The topological polar surface area (TPSA) is 0 Å². The van der Waals surface area contributed by atoms with Crippen LogP contribution in [-0.2, 0) is 0 Å². The van der Waals surface area contributed by atoms with E-state index in [4.69, 9.17) is 0 Å². The van der Waals surface area contributed by atoms with Gasteiger partial charge in [0.25, 0.3) is 0 Å². The standard InChI is InChI=1S/C8H26Si4/c1-9-11(5,6)12(7,8)10(2,3)4/h9H2,1-8H3. The van der Waals surface area contributed by atoms with Crippen molar-refractivity contribution in [2.24, 2.45) is 0 Å².